The first-order valence-electron chi connectivity index (χ1n) is 20.9. The number of carbonyl (C=O) groups excluding carboxylic acids is 6. The maximum atomic E-state index is 14.1. The Morgan fingerprint density at radius 1 is 0.645 bits per heavy atom. The molecule has 3 aliphatic heterocycles. The van der Waals surface area contributed by atoms with Gasteiger partial charge in [-0.25, -0.2) is 9.59 Å². The van der Waals surface area contributed by atoms with E-state index in [1.54, 1.807) is 0 Å². The van der Waals surface area contributed by atoms with Gasteiger partial charge >= 0.3 is 11.9 Å². The zero-order valence-corrected chi connectivity index (χ0v) is 36.9. The molecule has 0 spiro atoms. The predicted molar refractivity (Wildman–Crippen MR) is 237 cm³/mol. The first-order chi connectivity index (χ1) is 29.9. The molecule has 0 aromatic heterocycles. The number of methoxy groups -OCH3 is 2. The van der Waals surface area contributed by atoms with E-state index in [4.69, 9.17) is 9.47 Å². The number of benzene rings is 3. The summed E-state index contributed by atoms with van der Waals surface area (Å²) in [4.78, 5) is 86.5. The fourth-order valence-electron chi connectivity index (χ4n) is 8.29. The molecule has 15 nitrogen and oxygen atoms in total. The summed E-state index contributed by atoms with van der Waals surface area (Å²) < 4.78 is 10.1. The Hall–Kier alpha value is -5.10. The van der Waals surface area contributed by atoms with E-state index < -0.39 is 60.0 Å². The summed E-state index contributed by atoms with van der Waals surface area (Å²) in [6, 6.07) is 16.8. The number of aryl methyl sites for hydroxylation is 1. The second-order valence-corrected chi connectivity index (χ2v) is 18.5. The number of rotatable bonds is 6. The summed E-state index contributed by atoms with van der Waals surface area (Å²) in [7, 11) is 4.79. The fraction of sp³-hybridized carbons (Fsp3) is 0.467. The van der Waals surface area contributed by atoms with Crippen molar-refractivity contribution in [2.75, 3.05) is 38.8 Å². The lowest BCUT2D eigenvalue weighted by atomic mass is 10.0. The largest absolute Gasteiger partial charge is 0.507 e. The van der Waals surface area contributed by atoms with Gasteiger partial charge in [-0.1, -0.05) is 99.9 Å². The fourth-order valence-corrected chi connectivity index (χ4v) is 10.6. The SMILES string of the molecule is COC(=O)[C@@H]1CSSC[C@@H](C(=O)OC)NC(=O)[C@H](Cc2ccccc2)NC(=O)[C@@H]2CCCN2Cc2cc(C)cc(c2O)CN2CCC[C@H]2C(=O)N[C@@H](Cc2ccccc2)C(=O)N1. The number of phenolic OH excluding ortho intramolecular Hbond substituents is 1. The molecule has 0 aliphatic carbocycles. The lowest BCUT2D eigenvalue weighted by Gasteiger charge is -2.29. The van der Waals surface area contributed by atoms with E-state index >= 15 is 0 Å². The molecular weight excluding hydrogens is 833 g/mol. The molecule has 0 radical (unpaired) electrons. The van der Waals surface area contributed by atoms with Gasteiger partial charge in [0.15, 0.2) is 0 Å². The van der Waals surface area contributed by atoms with Crippen LogP contribution in [0, 0.1) is 6.92 Å². The number of amides is 4. The highest BCUT2D eigenvalue weighted by atomic mass is 33.1. The van der Waals surface area contributed by atoms with E-state index in [1.165, 1.54) is 35.8 Å². The second-order valence-electron chi connectivity index (χ2n) is 15.9. The van der Waals surface area contributed by atoms with Crippen molar-refractivity contribution >= 4 is 57.2 Å². The Morgan fingerprint density at radius 3 is 1.44 bits per heavy atom. The van der Waals surface area contributed by atoms with Gasteiger partial charge in [0.05, 0.1) is 26.3 Å². The number of hydrogen-bond acceptors (Lipinski definition) is 13. The number of nitrogens with zero attached hydrogens (tertiary/aromatic N) is 2. The third-order valence-corrected chi connectivity index (χ3v) is 13.9. The maximum absolute atomic E-state index is 14.1. The Kier molecular flexibility index (Phi) is 16.7. The van der Waals surface area contributed by atoms with Crippen LogP contribution in [0.4, 0.5) is 0 Å². The van der Waals surface area contributed by atoms with Crippen LogP contribution in [-0.2, 0) is 64.2 Å². The Morgan fingerprint density at radius 2 is 1.05 bits per heavy atom. The predicted octanol–water partition coefficient (Wildman–Crippen LogP) is 2.80. The first kappa shape index (κ1) is 46.4. The van der Waals surface area contributed by atoms with Crippen molar-refractivity contribution in [3.8, 4) is 5.75 Å². The average molecular weight is 889 g/mol. The first-order valence-corrected chi connectivity index (χ1v) is 23.4. The van der Waals surface area contributed by atoms with Gasteiger partial charge < -0.3 is 35.8 Å². The molecule has 6 atom stereocenters. The smallest absolute Gasteiger partial charge is 0.329 e. The Balaban J connectivity index is 1.32. The van der Waals surface area contributed by atoms with Crippen LogP contribution in [0.5, 0.6) is 5.75 Å². The Bertz CT molecular complexity index is 1920. The third-order valence-electron chi connectivity index (χ3n) is 11.5. The number of esters is 2. The van der Waals surface area contributed by atoms with Crippen molar-refractivity contribution in [3.63, 3.8) is 0 Å². The molecule has 2 saturated heterocycles. The van der Waals surface area contributed by atoms with Crippen LogP contribution in [0.3, 0.4) is 0 Å². The summed E-state index contributed by atoms with van der Waals surface area (Å²) in [6.07, 6.45) is 2.87. The van der Waals surface area contributed by atoms with E-state index in [-0.39, 0.29) is 55.0 Å². The summed E-state index contributed by atoms with van der Waals surface area (Å²) in [6.45, 7) is 3.68. The quantitative estimate of drug-likeness (QED) is 0.179. The number of phenols is 1. The van der Waals surface area contributed by atoms with Crippen LogP contribution < -0.4 is 21.3 Å². The number of aromatic hydroxyl groups is 1. The second kappa shape index (κ2) is 22.3. The van der Waals surface area contributed by atoms with Gasteiger partial charge in [0.1, 0.15) is 29.9 Å². The number of nitrogens with one attached hydrogen (secondary N) is 4. The maximum Gasteiger partial charge on any atom is 0.329 e. The van der Waals surface area contributed by atoms with E-state index in [0.29, 0.717) is 37.1 Å². The lowest BCUT2D eigenvalue weighted by molar-refractivity contribution is -0.145. The minimum absolute atomic E-state index is 0.0277. The van der Waals surface area contributed by atoms with Crippen LogP contribution in [0.1, 0.15) is 53.5 Å². The van der Waals surface area contributed by atoms with Crippen molar-refractivity contribution in [2.45, 2.75) is 94.8 Å². The monoisotopic (exact) mass is 888 g/mol. The van der Waals surface area contributed by atoms with Crippen LogP contribution in [-0.4, -0.2) is 126 Å². The normalized spacial score (nSPS) is 25.1. The van der Waals surface area contributed by atoms with E-state index in [1.807, 2.05) is 89.5 Å². The molecule has 0 saturated carbocycles. The van der Waals surface area contributed by atoms with Crippen LogP contribution >= 0.6 is 21.6 Å². The molecular formula is C45H56N6O9S2. The van der Waals surface area contributed by atoms with Gasteiger partial charge in [-0.15, -0.1) is 0 Å². The molecule has 62 heavy (non-hydrogen) atoms. The van der Waals surface area contributed by atoms with Crippen LogP contribution in [0.15, 0.2) is 72.8 Å². The highest BCUT2D eigenvalue weighted by molar-refractivity contribution is 8.76. The van der Waals surface area contributed by atoms with Gasteiger partial charge in [-0.05, 0) is 56.8 Å². The summed E-state index contributed by atoms with van der Waals surface area (Å²) >= 11 is 0. The van der Waals surface area contributed by atoms with Crippen LogP contribution in [0.2, 0.25) is 0 Å². The molecule has 6 rings (SSSR count). The summed E-state index contributed by atoms with van der Waals surface area (Å²) in [5, 5.41) is 23.3. The van der Waals surface area contributed by atoms with E-state index in [2.05, 4.69) is 21.3 Å². The van der Waals surface area contributed by atoms with Gasteiger partial charge in [-0.2, -0.15) is 0 Å². The van der Waals surface area contributed by atoms with Crippen molar-refractivity contribution in [1.29, 1.82) is 0 Å². The number of fused-ring (bicyclic) bond motifs is 4. The Labute approximate surface area is 370 Å². The minimum Gasteiger partial charge on any atom is -0.507 e. The molecule has 17 heteroatoms. The van der Waals surface area contributed by atoms with Gasteiger partial charge in [0.25, 0.3) is 0 Å². The topological polar surface area (TPSA) is 196 Å². The molecule has 3 aliphatic rings. The molecule has 2 fully saturated rings. The molecule has 332 valence electrons. The minimum atomic E-state index is -1.12. The molecule has 3 heterocycles. The van der Waals surface area contributed by atoms with Gasteiger partial charge in [0.2, 0.25) is 23.6 Å². The molecule has 3 aromatic rings. The number of carbonyl (C=O) groups is 6. The number of hydrogen-bond donors (Lipinski definition) is 5. The van der Waals surface area contributed by atoms with Crippen LogP contribution in [0.25, 0.3) is 0 Å². The summed E-state index contributed by atoms with van der Waals surface area (Å²) in [5.74, 6) is -3.11. The lowest BCUT2D eigenvalue weighted by Crippen LogP contribution is -2.56. The van der Waals surface area contributed by atoms with Crippen molar-refractivity contribution < 1.29 is 43.3 Å². The van der Waals surface area contributed by atoms with Crippen molar-refractivity contribution in [3.05, 3.63) is 101 Å². The highest BCUT2D eigenvalue weighted by Gasteiger charge is 2.37. The average Bonchev–Trinajstić information content (AvgIpc) is 3.95. The van der Waals surface area contributed by atoms with Crippen molar-refractivity contribution in [2.24, 2.45) is 0 Å². The zero-order valence-electron chi connectivity index (χ0n) is 35.3. The zero-order chi connectivity index (χ0) is 44.2. The van der Waals surface area contributed by atoms with E-state index in [0.717, 1.165) is 29.5 Å². The molecule has 2 bridgehead atoms. The highest BCUT2D eigenvalue weighted by Crippen LogP contribution is 2.32. The molecule has 4 amide bonds. The van der Waals surface area contributed by atoms with Gasteiger partial charge in [0, 0.05) is 48.6 Å². The van der Waals surface area contributed by atoms with Gasteiger partial charge in [-0.3, -0.25) is 29.0 Å². The van der Waals surface area contributed by atoms with E-state index in [9.17, 15) is 33.9 Å². The molecule has 0 unspecified atom stereocenters. The molecule has 3 aromatic carbocycles. The standard InChI is InChI=1S/C45H56N6O9S2/c1-28-20-31-24-50-18-10-16-37(50)42(55)46-33(22-29-12-6-4-7-13-29)40(53)48-35(44(57)59-2)26-61-62-27-36(45(58)60-3)49-41(54)34(23-30-14-8-5-9-15-30)47-43(56)38-17-11-19-51(38)25-32(21-28)39(31)52/h4-9,12-15,20-21,33-38,52H,10-11,16-19,22-27H2,1-3H3,(H,46,55)(H,47,56)(H,48,53)(H,49,54)/t33-,34-,35-,36-,37-,38-/m0/s1. The molecule has 5 N–H and O–H groups in total. The number of ether oxygens (including phenoxy) is 2. The summed E-state index contributed by atoms with van der Waals surface area (Å²) in [5.41, 5.74) is 3.79. The third kappa shape index (κ3) is 12.3. The van der Waals surface area contributed by atoms with Crippen molar-refractivity contribution in [1.82, 2.24) is 31.1 Å².